The molecule has 0 bridgehead atoms. The van der Waals surface area contributed by atoms with Crippen molar-refractivity contribution in [3.8, 4) is 5.75 Å². The molecule has 2 aromatic rings. The van der Waals surface area contributed by atoms with Crippen molar-refractivity contribution < 1.29 is 9.53 Å². The van der Waals surface area contributed by atoms with Gasteiger partial charge in [-0.2, -0.15) is 0 Å². The second-order valence-corrected chi connectivity index (χ2v) is 5.75. The number of amides is 1. The SMILES string of the molecule is CCOc1ccc(C(=O)N2CCN(c3nccn3CC)CC2)cc1. The van der Waals surface area contributed by atoms with E-state index < -0.39 is 0 Å². The summed E-state index contributed by atoms with van der Waals surface area (Å²) >= 11 is 0. The van der Waals surface area contributed by atoms with Gasteiger partial charge in [0.25, 0.3) is 5.91 Å². The van der Waals surface area contributed by atoms with Crippen LogP contribution in [0, 0.1) is 0 Å². The maximum absolute atomic E-state index is 12.6. The number of benzene rings is 1. The number of hydrogen-bond donors (Lipinski definition) is 0. The van der Waals surface area contributed by atoms with Crippen LogP contribution in [-0.4, -0.2) is 53.1 Å². The monoisotopic (exact) mass is 328 g/mol. The fourth-order valence-corrected chi connectivity index (χ4v) is 2.98. The van der Waals surface area contributed by atoms with Gasteiger partial charge in [0.2, 0.25) is 5.95 Å². The van der Waals surface area contributed by atoms with Crippen molar-refractivity contribution in [1.82, 2.24) is 14.5 Å². The Morgan fingerprint density at radius 3 is 2.46 bits per heavy atom. The highest BCUT2D eigenvalue weighted by molar-refractivity contribution is 5.94. The van der Waals surface area contributed by atoms with Crippen LogP contribution in [0.3, 0.4) is 0 Å². The Hall–Kier alpha value is -2.50. The summed E-state index contributed by atoms with van der Waals surface area (Å²) in [5.41, 5.74) is 0.710. The minimum absolute atomic E-state index is 0.0801. The molecule has 0 radical (unpaired) electrons. The van der Waals surface area contributed by atoms with Gasteiger partial charge < -0.3 is 19.1 Å². The number of ether oxygens (including phenoxy) is 1. The Morgan fingerprint density at radius 2 is 1.83 bits per heavy atom. The van der Waals surface area contributed by atoms with Crippen LogP contribution in [0.4, 0.5) is 5.95 Å². The van der Waals surface area contributed by atoms with Crippen LogP contribution in [-0.2, 0) is 6.54 Å². The highest BCUT2D eigenvalue weighted by Gasteiger charge is 2.24. The number of hydrogen-bond acceptors (Lipinski definition) is 4. The molecule has 6 nitrogen and oxygen atoms in total. The third-order valence-corrected chi connectivity index (χ3v) is 4.30. The maximum atomic E-state index is 12.6. The molecule has 1 fully saturated rings. The van der Waals surface area contributed by atoms with E-state index in [1.807, 2.05) is 48.5 Å². The zero-order valence-electron chi connectivity index (χ0n) is 14.3. The highest BCUT2D eigenvalue weighted by atomic mass is 16.5. The van der Waals surface area contributed by atoms with Gasteiger partial charge in [0.15, 0.2) is 0 Å². The number of aryl methyl sites for hydroxylation is 1. The molecule has 2 heterocycles. The molecular formula is C18H24N4O2. The van der Waals surface area contributed by atoms with Gasteiger partial charge in [-0.25, -0.2) is 4.98 Å². The topological polar surface area (TPSA) is 50.6 Å². The first-order valence-corrected chi connectivity index (χ1v) is 8.51. The van der Waals surface area contributed by atoms with E-state index in [1.165, 1.54) is 0 Å². The predicted octanol–water partition coefficient (Wildman–Crippen LogP) is 2.26. The van der Waals surface area contributed by atoms with E-state index in [2.05, 4.69) is 21.4 Å². The zero-order chi connectivity index (χ0) is 16.9. The van der Waals surface area contributed by atoms with E-state index in [9.17, 15) is 4.79 Å². The van der Waals surface area contributed by atoms with Gasteiger partial charge >= 0.3 is 0 Å². The lowest BCUT2D eigenvalue weighted by Gasteiger charge is -2.35. The molecule has 0 unspecified atom stereocenters. The summed E-state index contributed by atoms with van der Waals surface area (Å²) in [7, 11) is 0. The molecule has 0 N–H and O–H groups in total. The van der Waals surface area contributed by atoms with Crippen LogP contribution >= 0.6 is 0 Å². The van der Waals surface area contributed by atoms with Gasteiger partial charge in [0.05, 0.1) is 6.61 Å². The predicted molar refractivity (Wildman–Crippen MR) is 93.6 cm³/mol. The van der Waals surface area contributed by atoms with Crippen molar-refractivity contribution in [3.63, 3.8) is 0 Å². The first kappa shape index (κ1) is 16.4. The Morgan fingerprint density at radius 1 is 1.12 bits per heavy atom. The number of piperazine rings is 1. The van der Waals surface area contributed by atoms with Gasteiger partial charge in [0, 0.05) is 50.7 Å². The number of carbonyl (C=O) groups is 1. The van der Waals surface area contributed by atoms with E-state index in [1.54, 1.807) is 0 Å². The van der Waals surface area contributed by atoms with Gasteiger partial charge in [-0.05, 0) is 38.1 Å². The lowest BCUT2D eigenvalue weighted by atomic mass is 10.1. The Bertz CT molecular complexity index is 673. The lowest BCUT2D eigenvalue weighted by Crippen LogP contribution is -2.49. The van der Waals surface area contributed by atoms with E-state index >= 15 is 0 Å². The Balaban J connectivity index is 1.60. The molecule has 1 aliphatic heterocycles. The van der Waals surface area contributed by atoms with Crippen LogP contribution in [0.2, 0.25) is 0 Å². The minimum Gasteiger partial charge on any atom is -0.494 e. The number of aromatic nitrogens is 2. The van der Waals surface area contributed by atoms with E-state index in [4.69, 9.17) is 4.74 Å². The summed E-state index contributed by atoms with van der Waals surface area (Å²) < 4.78 is 7.55. The van der Waals surface area contributed by atoms with Crippen LogP contribution in [0.5, 0.6) is 5.75 Å². The van der Waals surface area contributed by atoms with Crippen LogP contribution in [0.15, 0.2) is 36.7 Å². The van der Waals surface area contributed by atoms with E-state index in [0.29, 0.717) is 25.3 Å². The number of nitrogens with zero attached hydrogens (tertiary/aromatic N) is 4. The summed E-state index contributed by atoms with van der Waals surface area (Å²) in [5.74, 6) is 1.87. The summed E-state index contributed by atoms with van der Waals surface area (Å²) in [5, 5.41) is 0. The van der Waals surface area contributed by atoms with E-state index in [0.717, 1.165) is 31.3 Å². The Kier molecular flexibility index (Phi) is 5.03. The maximum Gasteiger partial charge on any atom is 0.253 e. The number of anilines is 1. The molecule has 128 valence electrons. The molecule has 0 saturated carbocycles. The normalized spacial score (nSPS) is 14.8. The van der Waals surface area contributed by atoms with Gasteiger partial charge in [0.1, 0.15) is 5.75 Å². The molecule has 1 aromatic carbocycles. The molecular weight excluding hydrogens is 304 g/mol. The van der Waals surface area contributed by atoms with Crippen LogP contribution < -0.4 is 9.64 Å². The second-order valence-electron chi connectivity index (χ2n) is 5.75. The molecule has 1 saturated heterocycles. The zero-order valence-corrected chi connectivity index (χ0v) is 14.3. The molecule has 6 heteroatoms. The first-order chi connectivity index (χ1) is 11.7. The molecule has 0 aliphatic carbocycles. The molecule has 0 spiro atoms. The average molecular weight is 328 g/mol. The van der Waals surface area contributed by atoms with Crippen molar-refractivity contribution in [1.29, 1.82) is 0 Å². The van der Waals surface area contributed by atoms with Crippen LogP contribution in [0.1, 0.15) is 24.2 Å². The standard InChI is InChI=1S/C18H24N4O2/c1-3-20-10-9-19-18(20)22-13-11-21(12-14-22)17(23)15-5-7-16(8-6-15)24-4-2/h5-10H,3-4,11-14H2,1-2H3. The first-order valence-electron chi connectivity index (χ1n) is 8.51. The summed E-state index contributed by atoms with van der Waals surface area (Å²) in [4.78, 5) is 21.2. The number of rotatable bonds is 5. The molecule has 1 amide bonds. The largest absolute Gasteiger partial charge is 0.494 e. The molecule has 1 aliphatic rings. The van der Waals surface area contributed by atoms with Gasteiger partial charge in [-0.3, -0.25) is 4.79 Å². The average Bonchev–Trinajstić information content (AvgIpc) is 3.11. The summed E-state index contributed by atoms with van der Waals surface area (Å²) in [6.45, 7) is 8.62. The third kappa shape index (κ3) is 3.37. The van der Waals surface area contributed by atoms with Crippen molar-refractivity contribution in [2.75, 3.05) is 37.7 Å². The van der Waals surface area contributed by atoms with Gasteiger partial charge in [-0.1, -0.05) is 0 Å². The van der Waals surface area contributed by atoms with Gasteiger partial charge in [-0.15, -0.1) is 0 Å². The molecule has 1 aromatic heterocycles. The summed E-state index contributed by atoms with van der Waals surface area (Å²) in [6.07, 6.45) is 3.82. The quantitative estimate of drug-likeness (QED) is 0.845. The number of carbonyl (C=O) groups excluding carboxylic acids is 1. The fraction of sp³-hybridized carbons (Fsp3) is 0.444. The molecule has 0 atom stereocenters. The third-order valence-electron chi connectivity index (χ3n) is 4.30. The fourth-order valence-electron chi connectivity index (χ4n) is 2.98. The van der Waals surface area contributed by atoms with E-state index in [-0.39, 0.29) is 5.91 Å². The van der Waals surface area contributed by atoms with Crippen molar-refractivity contribution >= 4 is 11.9 Å². The van der Waals surface area contributed by atoms with Crippen molar-refractivity contribution in [2.24, 2.45) is 0 Å². The highest BCUT2D eigenvalue weighted by Crippen LogP contribution is 2.17. The smallest absolute Gasteiger partial charge is 0.253 e. The molecule has 24 heavy (non-hydrogen) atoms. The number of imidazole rings is 1. The second kappa shape index (κ2) is 7.38. The minimum atomic E-state index is 0.0801. The Labute approximate surface area is 142 Å². The van der Waals surface area contributed by atoms with Crippen molar-refractivity contribution in [2.45, 2.75) is 20.4 Å². The lowest BCUT2D eigenvalue weighted by molar-refractivity contribution is 0.0746. The summed E-state index contributed by atoms with van der Waals surface area (Å²) in [6, 6.07) is 7.38. The van der Waals surface area contributed by atoms with Crippen molar-refractivity contribution in [3.05, 3.63) is 42.2 Å². The van der Waals surface area contributed by atoms with Crippen LogP contribution in [0.25, 0.3) is 0 Å². The molecule has 3 rings (SSSR count).